The number of hydrogen-bond donors (Lipinski definition) is 1. The van der Waals surface area contributed by atoms with Crippen molar-refractivity contribution >= 4 is 9.84 Å². The molecule has 1 aliphatic heterocycles. The Morgan fingerprint density at radius 3 is 3.00 bits per heavy atom. The van der Waals surface area contributed by atoms with Crippen LogP contribution in [-0.4, -0.2) is 47.6 Å². The summed E-state index contributed by atoms with van der Waals surface area (Å²) in [5, 5.41) is 3.32. The second-order valence-corrected chi connectivity index (χ2v) is 7.04. The minimum absolute atomic E-state index is 0.283. The highest BCUT2D eigenvalue weighted by Gasteiger charge is 2.14. The van der Waals surface area contributed by atoms with Crippen molar-refractivity contribution in [3.63, 3.8) is 0 Å². The van der Waals surface area contributed by atoms with Gasteiger partial charge in [0.05, 0.1) is 11.5 Å². The standard InChI is InChI=1S/C14H21NO4S/c1-20(16,17)14-4-2-3-13(9-14)19-8-6-15-10-12-5-7-18-11-12/h2-4,9,12,15H,5-8,10-11H2,1H3. The van der Waals surface area contributed by atoms with E-state index < -0.39 is 9.84 Å². The molecule has 1 saturated heterocycles. The maximum absolute atomic E-state index is 11.4. The molecular weight excluding hydrogens is 278 g/mol. The number of hydrogen-bond acceptors (Lipinski definition) is 5. The summed E-state index contributed by atoms with van der Waals surface area (Å²) in [7, 11) is -3.18. The minimum atomic E-state index is -3.18. The lowest BCUT2D eigenvalue weighted by Gasteiger charge is -2.10. The summed E-state index contributed by atoms with van der Waals surface area (Å²) in [6, 6.07) is 6.58. The molecule has 1 heterocycles. The van der Waals surface area contributed by atoms with Gasteiger partial charge in [-0.1, -0.05) is 6.07 Å². The number of ether oxygens (including phenoxy) is 2. The molecule has 0 saturated carbocycles. The summed E-state index contributed by atoms with van der Waals surface area (Å²) in [6.45, 7) is 3.89. The number of benzene rings is 1. The lowest BCUT2D eigenvalue weighted by molar-refractivity contribution is 0.185. The van der Waals surface area contributed by atoms with Crippen molar-refractivity contribution in [1.29, 1.82) is 0 Å². The zero-order valence-electron chi connectivity index (χ0n) is 11.7. The Balaban J connectivity index is 1.71. The molecule has 1 unspecified atom stereocenters. The van der Waals surface area contributed by atoms with Gasteiger partial charge in [-0.3, -0.25) is 0 Å². The first kappa shape index (κ1) is 15.3. The third kappa shape index (κ3) is 4.77. The van der Waals surface area contributed by atoms with Crippen LogP contribution < -0.4 is 10.1 Å². The van der Waals surface area contributed by atoms with Gasteiger partial charge in [0, 0.05) is 26.0 Å². The van der Waals surface area contributed by atoms with Crippen molar-refractivity contribution in [1.82, 2.24) is 5.32 Å². The third-order valence-electron chi connectivity index (χ3n) is 3.24. The fourth-order valence-electron chi connectivity index (χ4n) is 2.09. The highest BCUT2D eigenvalue weighted by atomic mass is 32.2. The maximum atomic E-state index is 11.4. The van der Waals surface area contributed by atoms with E-state index in [9.17, 15) is 8.42 Å². The molecule has 5 nitrogen and oxygen atoms in total. The van der Waals surface area contributed by atoms with Gasteiger partial charge in [-0.15, -0.1) is 0 Å². The summed E-state index contributed by atoms with van der Waals surface area (Å²) in [5.74, 6) is 1.18. The topological polar surface area (TPSA) is 64.6 Å². The molecule has 112 valence electrons. The molecule has 0 bridgehead atoms. The summed E-state index contributed by atoms with van der Waals surface area (Å²) in [6.07, 6.45) is 2.31. The van der Waals surface area contributed by atoms with Gasteiger partial charge in [0.15, 0.2) is 9.84 Å². The third-order valence-corrected chi connectivity index (χ3v) is 4.35. The first-order valence-corrected chi connectivity index (χ1v) is 8.66. The smallest absolute Gasteiger partial charge is 0.175 e. The van der Waals surface area contributed by atoms with E-state index in [1.54, 1.807) is 24.3 Å². The first-order valence-electron chi connectivity index (χ1n) is 6.77. The summed E-state index contributed by atoms with van der Waals surface area (Å²) < 4.78 is 33.7. The second kappa shape index (κ2) is 7.06. The van der Waals surface area contributed by atoms with E-state index in [1.165, 1.54) is 6.26 Å². The largest absolute Gasteiger partial charge is 0.492 e. The number of nitrogens with one attached hydrogen (secondary N) is 1. The van der Waals surface area contributed by atoms with Crippen LogP contribution in [0.15, 0.2) is 29.2 Å². The van der Waals surface area contributed by atoms with Crippen LogP contribution >= 0.6 is 0 Å². The summed E-state index contributed by atoms with van der Waals surface area (Å²) in [5.41, 5.74) is 0. The maximum Gasteiger partial charge on any atom is 0.175 e. The summed E-state index contributed by atoms with van der Waals surface area (Å²) in [4.78, 5) is 0.283. The summed E-state index contributed by atoms with van der Waals surface area (Å²) >= 11 is 0. The lowest BCUT2D eigenvalue weighted by Crippen LogP contribution is -2.27. The van der Waals surface area contributed by atoms with Crippen LogP contribution in [0, 0.1) is 5.92 Å². The van der Waals surface area contributed by atoms with Crippen molar-refractivity contribution in [3.8, 4) is 5.75 Å². The van der Waals surface area contributed by atoms with Gasteiger partial charge >= 0.3 is 0 Å². The van der Waals surface area contributed by atoms with Crippen LogP contribution in [0.2, 0.25) is 0 Å². The Bertz CT molecular complexity index is 524. The fourth-order valence-corrected chi connectivity index (χ4v) is 2.74. The highest BCUT2D eigenvalue weighted by Crippen LogP contribution is 2.17. The Kier molecular flexibility index (Phi) is 5.39. The minimum Gasteiger partial charge on any atom is -0.492 e. The molecular formula is C14H21NO4S. The Morgan fingerprint density at radius 2 is 2.30 bits per heavy atom. The van der Waals surface area contributed by atoms with E-state index in [1.807, 2.05) is 0 Å². The molecule has 1 aromatic carbocycles. The quantitative estimate of drug-likeness (QED) is 0.764. The van der Waals surface area contributed by atoms with Crippen molar-refractivity contribution in [2.75, 3.05) is 39.2 Å². The molecule has 6 heteroatoms. The molecule has 1 atom stereocenters. The van der Waals surface area contributed by atoms with Crippen molar-refractivity contribution in [2.24, 2.45) is 5.92 Å². The van der Waals surface area contributed by atoms with Crippen LogP contribution in [0.3, 0.4) is 0 Å². The van der Waals surface area contributed by atoms with Crippen LogP contribution in [0.25, 0.3) is 0 Å². The Hall–Kier alpha value is -1.11. The number of rotatable bonds is 7. The van der Waals surface area contributed by atoms with Crippen LogP contribution in [0.4, 0.5) is 0 Å². The van der Waals surface area contributed by atoms with E-state index in [4.69, 9.17) is 9.47 Å². The Labute approximate surface area is 120 Å². The van der Waals surface area contributed by atoms with E-state index >= 15 is 0 Å². The van der Waals surface area contributed by atoms with Gasteiger partial charge in [-0.05, 0) is 30.5 Å². The normalized spacial score (nSPS) is 19.1. The van der Waals surface area contributed by atoms with Crippen molar-refractivity contribution < 1.29 is 17.9 Å². The van der Waals surface area contributed by atoms with E-state index in [0.717, 1.165) is 32.7 Å². The van der Waals surface area contributed by atoms with Crippen molar-refractivity contribution in [3.05, 3.63) is 24.3 Å². The van der Waals surface area contributed by atoms with Gasteiger partial charge in [0.2, 0.25) is 0 Å². The monoisotopic (exact) mass is 299 g/mol. The van der Waals surface area contributed by atoms with Crippen LogP contribution in [0.5, 0.6) is 5.75 Å². The first-order chi connectivity index (χ1) is 9.55. The lowest BCUT2D eigenvalue weighted by atomic mass is 10.1. The molecule has 1 N–H and O–H groups in total. The van der Waals surface area contributed by atoms with E-state index in [-0.39, 0.29) is 4.90 Å². The fraction of sp³-hybridized carbons (Fsp3) is 0.571. The zero-order chi connectivity index (χ0) is 14.4. The molecule has 1 aromatic rings. The molecule has 0 aromatic heterocycles. The van der Waals surface area contributed by atoms with Crippen LogP contribution in [0.1, 0.15) is 6.42 Å². The van der Waals surface area contributed by atoms with Gasteiger partial charge in [-0.25, -0.2) is 8.42 Å². The zero-order valence-corrected chi connectivity index (χ0v) is 12.5. The highest BCUT2D eigenvalue weighted by molar-refractivity contribution is 7.90. The second-order valence-electron chi connectivity index (χ2n) is 5.03. The molecule has 20 heavy (non-hydrogen) atoms. The molecule has 0 aliphatic carbocycles. The predicted molar refractivity (Wildman–Crippen MR) is 76.8 cm³/mol. The molecule has 0 amide bonds. The van der Waals surface area contributed by atoms with E-state index in [0.29, 0.717) is 18.3 Å². The number of sulfone groups is 1. The molecule has 1 fully saturated rings. The van der Waals surface area contributed by atoms with E-state index in [2.05, 4.69) is 5.32 Å². The SMILES string of the molecule is CS(=O)(=O)c1cccc(OCCNCC2CCOC2)c1. The molecule has 1 aliphatic rings. The molecule has 2 rings (SSSR count). The average Bonchev–Trinajstić information content (AvgIpc) is 2.91. The predicted octanol–water partition coefficient (Wildman–Crippen LogP) is 1.09. The molecule has 0 radical (unpaired) electrons. The molecule has 0 spiro atoms. The Morgan fingerprint density at radius 1 is 1.45 bits per heavy atom. The van der Waals surface area contributed by atoms with Crippen molar-refractivity contribution in [2.45, 2.75) is 11.3 Å². The average molecular weight is 299 g/mol. The van der Waals surface area contributed by atoms with Gasteiger partial charge in [0.1, 0.15) is 12.4 Å². The van der Waals surface area contributed by atoms with Crippen LogP contribution in [-0.2, 0) is 14.6 Å². The van der Waals surface area contributed by atoms with Gasteiger partial charge in [0.25, 0.3) is 0 Å². The van der Waals surface area contributed by atoms with Gasteiger partial charge in [-0.2, -0.15) is 0 Å². The van der Waals surface area contributed by atoms with Gasteiger partial charge < -0.3 is 14.8 Å².